The van der Waals surface area contributed by atoms with Gasteiger partial charge in [0.2, 0.25) is 11.8 Å². The zero-order chi connectivity index (χ0) is 13.8. The summed E-state index contributed by atoms with van der Waals surface area (Å²) in [5, 5.41) is 14.2. The number of benzene rings is 1. The Morgan fingerprint density at radius 2 is 2.05 bits per heavy atom. The molecule has 0 aliphatic heterocycles. The van der Waals surface area contributed by atoms with Crippen molar-refractivity contribution in [3.8, 4) is 11.5 Å². The summed E-state index contributed by atoms with van der Waals surface area (Å²) in [5.41, 5.74) is 1.79. The lowest BCUT2D eigenvalue weighted by molar-refractivity contribution is -0.115. The van der Waals surface area contributed by atoms with E-state index in [-0.39, 0.29) is 11.9 Å². The molecule has 0 saturated carbocycles. The first-order valence-electron chi connectivity index (χ1n) is 6.01. The second-order valence-electron chi connectivity index (χ2n) is 4.13. The maximum absolute atomic E-state index is 11.8. The minimum atomic E-state index is -0.174. The lowest BCUT2D eigenvalue weighted by Gasteiger charge is -1.98. The Morgan fingerprint density at radius 3 is 2.80 bits per heavy atom. The topological polar surface area (TPSA) is 68.0 Å². The Hall–Kier alpha value is -2.47. The van der Waals surface area contributed by atoms with Gasteiger partial charge < -0.3 is 4.42 Å². The first kappa shape index (κ1) is 12.6. The van der Waals surface area contributed by atoms with E-state index >= 15 is 0 Å². The van der Waals surface area contributed by atoms with Gasteiger partial charge in [-0.2, -0.15) is 11.3 Å². The van der Waals surface area contributed by atoms with E-state index in [0.29, 0.717) is 12.3 Å². The van der Waals surface area contributed by atoms with Crippen LogP contribution < -0.4 is 5.32 Å². The summed E-state index contributed by atoms with van der Waals surface area (Å²) < 4.78 is 5.41. The van der Waals surface area contributed by atoms with Gasteiger partial charge in [-0.3, -0.25) is 10.1 Å². The van der Waals surface area contributed by atoms with E-state index in [9.17, 15) is 4.79 Å². The van der Waals surface area contributed by atoms with Crippen molar-refractivity contribution in [3.63, 3.8) is 0 Å². The van der Waals surface area contributed by atoms with E-state index in [1.807, 2.05) is 47.2 Å². The molecule has 1 amide bonds. The largest absolute Gasteiger partial charge is 0.403 e. The van der Waals surface area contributed by atoms with Gasteiger partial charge in [0.15, 0.2) is 0 Å². The Bertz CT molecular complexity index is 692. The van der Waals surface area contributed by atoms with E-state index in [1.54, 1.807) is 11.3 Å². The minimum Gasteiger partial charge on any atom is -0.403 e. The molecule has 3 rings (SSSR count). The van der Waals surface area contributed by atoms with E-state index < -0.39 is 0 Å². The van der Waals surface area contributed by atoms with E-state index in [2.05, 4.69) is 15.5 Å². The molecule has 0 spiro atoms. The molecule has 2 heterocycles. The van der Waals surface area contributed by atoms with Gasteiger partial charge in [0.1, 0.15) is 0 Å². The van der Waals surface area contributed by atoms with Crippen LogP contribution in [0.15, 0.2) is 51.6 Å². The minimum absolute atomic E-state index is 0.115. The maximum Gasteiger partial charge on any atom is 0.322 e. The van der Waals surface area contributed by atoms with Gasteiger partial charge in [0, 0.05) is 5.56 Å². The number of anilines is 1. The van der Waals surface area contributed by atoms with Gasteiger partial charge in [-0.25, -0.2) is 0 Å². The molecule has 0 aliphatic carbocycles. The monoisotopic (exact) mass is 285 g/mol. The molecule has 1 N–H and O–H groups in total. The van der Waals surface area contributed by atoms with Crippen LogP contribution in [0.5, 0.6) is 0 Å². The van der Waals surface area contributed by atoms with Crippen LogP contribution in [0.1, 0.15) is 5.56 Å². The van der Waals surface area contributed by atoms with Crippen LogP contribution in [0.25, 0.3) is 11.5 Å². The van der Waals surface area contributed by atoms with Gasteiger partial charge >= 0.3 is 6.01 Å². The van der Waals surface area contributed by atoms with Gasteiger partial charge in [-0.05, 0) is 34.5 Å². The summed E-state index contributed by atoms with van der Waals surface area (Å²) in [6.45, 7) is 0. The predicted molar refractivity (Wildman–Crippen MR) is 76.4 cm³/mol. The molecule has 20 heavy (non-hydrogen) atoms. The van der Waals surface area contributed by atoms with Crippen molar-refractivity contribution in [2.45, 2.75) is 6.42 Å². The Morgan fingerprint density at radius 1 is 1.20 bits per heavy atom. The average Bonchev–Trinajstić information content (AvgIpc) is 3.11. The molecule has 6 heteroatoms. The number of amides is 1. The first-order valence-corrected chi connectivity index (χ1v) is 6.95. The normalized spacial score (nSPS) is 10.4. The summed E-state index contributed by atoms with van der Waals surface area (Å²) in [5.74, 6) is 0.211. The van der Waals surface area contributed by atoms with Crippen LogP contribution >= 0.6 is 11.3 Å². The Balaban J connectivity index is 1.67. The fourth-order valence-corrected chi connectivity index (χ4v) is 2.38. The molecule has 100 valence electrons. The van der Waals surface area contributed by atoms with E-state index in [0.717, 1.165) is 11.1 Å². The van der Waals surface area contributed by atoms with Gasteiger partial charge in [0.05, 0.1) is 6.42 Å². The number of nitrogens with zero attached hydrogens (tertiary/aromatic N) is 2. The molecule has 5 nitrogen and oxygen atoms in total. The Kier molecular flexibility index (Phi) is 3.56. The lowest BCUT2D eigenvalue weighted by atomic mass is 10.2. The summed E-state index contributed by atoms with van der Waals surface area (Å²) in [6, 6.07) is 11.4. The number of carbonyl (C=O) groups excluding carboxylic acids is 1. The third kappa shape index (κ3) is 2.92. The summed E-state index contributed by atoms with van der Waals surface area (Å²) in [4.78, 5) is 11.8. The highest BCUT2D eigenvalue weighted by molar-refractivity contribution is 7.08. The molecule has 1 aromatic carbocycles. The fourth-order valence-electron chi connectivity index (χ4n) is 1.71. The van der Waals surface area contributed by atoms with Crippen LogP contribution in [-0.4, -0.2) is 16.1 Å². The van der Waals surface area contributed by atoms with Crippen molar-refractivity contribution in [2.75, 3.05) is 5.32 Å². The molecule has 3 aromatic rings. The quantitative estimate of drug-likeness (QED) is 0.800. The van der Waals surface area contributed by atoms with E-state index in [1.165, 1.54) is 0 Å². The molecule has 0 saturated heterocycles. The van der Waals surface area contributed by atoms with Crippen molar-refractivity contribution in [1.82, 2.24) is 10.2 Å². The van der Waals surface area contributed by atoms with Crippen LogP contribution in [0, 0.1) is 0 Å². The van der Waals surface area contributed by atoms with Crippen molar-refractivity contribution >= 4 is 23.3 Å². The number of carbonyl (C=O) groups is 1. The second-order valence-corrected chi connectivity index (χ2v) is 4.91. The number of nitrogens with one attached hydrogen (secondary N) is 1. The van der Waals surface area contributed by atoms with Crippen LogP contribution in [0.3, 0.4) is 0 Å². The highest BCUT2D eigenvalue weighted by Crippen LogP contribution is 2.19. The van der Waals surface area contributed by atoms with Crippen molar-refractivity contribution in [2.24, 2.45) is 0 Å². The molecule has 0 unspecified atom stereocenters. The third-order valence-electron chi connectivity index (χ3n) is 2.64. The fraction of sp³-hybridized carbons (Fsp3) is 0.0714. The molecule has 0 atom stereocenters. The zero-order valence-corrected chi connectivity index (χ0v) is 11.3. The molecular weight excluding hydrogens is 274 g/mol. The zero-order valence-electron chi connectivity index (χ0n) is 10.4. The number of thiophene rings is 1. The molecule has 0 bridgehead atoms. The van der Waals surface area contributed by atoms with E-state index in [4.69, 9.17) is 4.42 Å². The van der Waals surface area contributed by atoms with Crippen LogP contribution in [0.4, 0.5) is 6.01 Å². The van der Waals surface area contributed by atoms with Gasteiger partial charge in [0.25, 0.3) is 0 Å². The van der Waals surface area contributed by atoms with Gasteiger partial charge in [-0.15, -0.1) is 5.10 Å². The number of hydrogen-bond donors (Lipinski definition) is 1. The Labute approximate surface area is 119 Å². The molecule has 2 aromatic heterocycles. The highest BCUT2D eigenvalue weighted by Gasteiger charge is 2.11. The van der Waals surface area contributed by atoms with Crippen molar-refractivity contribution in [3.05, 3.63) is 52.7 Å². The molecule has 0 fully saturated rings. The predicted octanol–water partition coefficient (Wildman–Crippen LogP) is 2.98. The van der Waals surface area contributed by atoms with Crippen LogP contribution in [0.2, 0.25) is 0 Å². The van der Waals surface area contributed by atoms with Crippen molar-refractivity contribution in [1.29, 1.82) is 0 Å². The summed E-state index contributed by atoms with van der Waals surface area (Å²) in [6.07, 6.45) is 0.298. The smallest absolute Gasteiger partial charge is 0.322 e. The molecule has 0 aliphatic rings. The van der Waals surface area contributed by atoms with Gasteiger partial charge in [-0.1, -0.05) is 23.3 Å². The summed E-state index contributed by atoms with van der Waals surface area (Å²) >= 11 is 1.56. The van der Waals surface area contributed by atoms with Crippen molar-refractivity contribution < 1.29 is 9.21 Å². The SMILES string of the molecule is O=C(Cc1ccsc1)Nc1nnc(-c2ccccc2)o1. The number of aromatic nitrogens is 2. The molecule has 0 radical (unpaired) electrons. The maximum atomic E-state index is 11.8. The second kappa shape index (κ2) is 5.66. The number of rotatable bonds is 4. The standard InChI is InChI=1S/C14H11N3O2S/c18-12(8-10-6-7-20-9-10)15-14-17-16-13(19-14)11-4-2-1-3-5-11/h1-7,9H,8H2,(H,15,17,18). The van der Waals surface area contributed by atoms with Crippen LogP contribution in [-0.2, 0) is 11.2 Å². The number of hydrogen-bond acceptors (Lipinski definition) is 5. The molecular formula is C14H11N3O2S. The average molecular weight is 285 g/mol. The summed E-state index contributed by atoms with van der Waals surface area (Å²) in [7, 11) is 0. The third-order valence-corrected chi connectivity index (χ3v) is 3.37. The first-order chi connectivity index (χ1) is 9.81. The highest BCUT2D eigenvalue weighted by atomic mass is 32.1. The lowest BCUT2D eigenvalue weighted by Crippen LogP contribution is -2.14.